The van der Waals surface area contributed by atoms with E-state index in [0.29, 0.717) is 6.61 Å². The Bertz CT molecular complexity index is 544. The first-order valence-electron chi connectivity index (χ1n) is 8.30. The zero-order chi connectivity index (χ0) is 15.4. The number of nitrogens with one attached hydrogen (secondary N) is 1. The maximum Gasteiger partial charge on any atom is 0.309 e. The van der Waals surface area contributed by atoms with E-state index in [4.69, 9.17) is 9.47 Å². The number of allylic oxidation sites excluding steroid dienone is 2. The molecule has 0 saturated carbocycles. The number of H-pyrrole nitrogens is 1. The van der Waals surface area contributed by atoms with Crippen LogP contribution in [0.15, 0.2) is 12.3 Å². The smallest absolute Gasteiger partial charge is 0.309 e. The van der Waals surface area contributed by atoms with Crippen LogP contribution < -0.4 is 0 Å². The molecule has 2 atom stereocenters. The Balaban J connectivity index is 1.70. The standard InChI is InChI=1S/C17H24N2O3/c1-2-21-17(20)13-8-6-12(7-9-13)14-11-18-19-16(14)15-5-3-4-10-22-15/h6,11,13,15H,2-5,7-10H2,1H3,(H,18,19). The van der Waals surface area contributed by atoms with Gasteiger partial charge in [0.2, 0.25) is 0 Å². The third-order valence-corrected chi connectivity index (χ3v) is 4.55. The van der Waals surface area contributed by atoms with Gasteiger partial charge in [0, 0.05) is 12.2 Å². The molecule has 0 aromatic carbocycles. The maximum atomic E-state index is 11.8. The van der Waals surface area contributed by atoms with Crippen molar-refractivity contribution in [2.45, 2.75) is 51.6 Å². The van der Waals surface area contributed by atoms with Gasteiger partial charge in [-0.3, -0.25) is 9.89 Å². The monoisotopic (exact) mass is 304 g/mol. The summed E-state index contributed by atoms with van der Waals surface area (Å²) >= 11 is 0. The Morgan fingerprint density at radius 3 is 3.05 bits per heavy atom. The Morgan fingerprint density at radius 2 is 2.36 bits per heavy atom. The number of hydrogen-bond donors (Lipinski definition) is 1. The van der Waals surface area contributed by atoms with E-state index in [-0.39, 0.29) is 18.0 Å². The zero-order valence-corrected chi connectivity index (χ0v) is 13.1. The van der Waals surface area contributed by atoms with Crippen LogP contribution in [-0.4, -0.2) is 29.4 Å². The molecule has 1 fully saturated rings. The molecule has 22 heavy (non-hydrogen) atoms. The van der Waals surface area contributed by atoms with E-state index in [1.165, 1.54) is 12.0 Å². The maximum absolute atomic E-state index is 11.8. The van der Waals surface area contributed by atoms with Gasteiger partial charge in [-0.2, -0.15) is 5.10 Å². The van der Waals surface area contributed by atoms with Crippen LogP contribution in [0.2, 0.25) is 0 Å². The number of esters is 1. The summed E-state index contributed by atoms with van der Waals surface area (Å²) in [6.45, 7) is 3.13. The molecule has 1 aliphatic carbocycles. The van der Waals surface area contributed by atoms with Gasteiger partial charge in [-0.1, -0.05) is 6.08 Å². The number of ether oxygens (including phenoxy) is 2. The number of aromatic amines is 1. The fourth-order valence-corrected chi connectivity index (χ4v) is 3.32. The van der Waals surface area contributed by atoms with E-state index in [0.717, 1.165) is 50.0 Å². The lowest BCUT2D eigenvalue weighted by Crippen LogP contribution is -2.20. The van der Waals surface area contributed by atoms with Crippen molar-refractivity contribution in [2.24, 2.45) is 5.92 Å². The van der Waals surface area contributed by atoms with Crippen LogP contribution in [0, 0.1) is 5.92 Å². The second-order valence-electron chi connectivity index (χ2n) is 6.01. The summed E-state index contributed by atoms with van der Waals surface area (Å²) in [5.74, 6) is -0.0641. The average molecular weight is 304 g/mol. The minimum atomic E-state index is -0.0687. The molecule has 1 N–H and O–H groups in total. The minimum absolute atomic E-state index is 0.00461. The molecular weight excluding hydrogens is 280 g/mol. The molecule has 1 aromatic rings. The van der Waals surface area contributed by atoms with Crippen LogP contribution in [0.5, 0.6) is 0 Å². The summed E-state index contributed by atoms with van der Waals surface area (Å²) in [6, 6.07) is 0. The van der Waals surface area contributed by atoms with Crippen LogP contribution in [-0.2, 0) is 14.3 Å². The van der Waals surface area contributed by atoms with Gasteiger partial charge < -0.3 is 9.47 Å². The summed E-state index contributed by atoms with van der Waals surface area (Å²) in [7, 11) is 0. The van der Waals surface area contributed by atoms with Crippen LogP contribution in [0.3, 0.4) is 0 Å². The van der Waals surface area contributed by atoms with E-state index in [9.17, 15) is 4.79 Å². The molecule has 0 radical (unpaired) electrons. The Hall–Kier alpha value is -1.62. The van der Waals surface area contributed by atoms with Gasteiger partial charge in [0.05, 0.1) is 30.5 Å². The first-order valence-corrected chi connectivity index (χ1v) is 8.30. The second kappa shape index (κ2) is 7.09. The van der Waals surface area contributed by atoms with Crippen molar-refractivity contribution in [2.75, 3.05) is 13.2 Å². The molecule has 0 amide bonds. The highest BCUT2D eigenvalue weighted by atomic mass is 16.5. The summed E-state index contributed by atoms with van der Waals surface area (Å²) in [6.07, 6.45) is 10.1. The molecule has 2 aliphatic rings. The molecule has 5 nitrogen and oxygen atoms in total. The highest BCUT2D eigenvalue weighted by molar-refractivity contribution is 5.76. The Labute approximate surface area is 131 Å². The summed E-state index contributed by atoms with van der Waals surface area (Å²) in [5.41, 5.74) is 3.54. The topological polar surface area (TPSA) is 64.2 Å². The number of nitrogens with zero attached hydrogens (tertiary/aromatic N) is 1. The lowest BCUT2D eigenvalue weighted by molar-refractivity contribution is -0.148. The number of carbonyl (C=O) groups is 1. The quantitative estimate of drug-likeness (QED) is 0.866. The van der Waals surface area contributed by atoms with E-state index in [1.807, 2.05) is 13.1 Å². The molecule has 1 aliphatic heterocycles. The van der Waals surface area contributed by atoms with Gasteiger partial charge >= 0.3 is 5.97 Å². The second-order valence-corrected chi connectivity index (χ2v) is 6.01. The first-order chi connectivity index (χ1) is 10.8. The van der Waals surface area contributed by atoms with E-state index in [1.54, 1.807) is 0 Å². The summed E-state index contributed by atoms with van der Waals surface area (Å²) in [4.78, 5) is 11.8. The molecule has 1 aromatic heterocycles. The predicted octanol–water partition coefficient (Wildman–Crippen LogP) is 3.40. The van der Waals surface area contributed by atoms with E-state index in [2.05, 4.69) is 16.3 Å². The first kappa shape index (κ1) is 15.3. The third-order valence-electron chi connectivity index (χ3n) is 4.55. The van der Waals surface area contributed by atoms with Crippen LogP contribution in [0.25, 0.3) is 5.57 Å². The van der Waals surface area contributed by atoms with Crippen molar-refractivity contribution in [3.05, 3.63) is 23.5 Å². The van der Waals surface area contributed by atoms with Crippen molar-refractivity contribution in [1.29, 1.82) is 0 Å². The Morgan fingerprint density at radius 1 is 1.45 bits per heavy atom. The minimum Gasteiger partial charge on any atom is -0.466 e. The van der Waals surface area contributed by atoms with Gasteiger partial charge in [-0.25, -0.2) is 0 Å². The average Bonchev–Trinajstić information content (AvgIpc) is 3.06. The fraction of sp³-hybridized carbons (Fsp3) is 0.647. The number of hydrogen-bond acceptors (Lipinski definition) is 4. The van der Waals surface area contributed by atoms with E-state index >= 15 is 0 Å². The van der Waals surface area contributed by atoms with Gasteiger partial charge in [-0.05, 0) is 51.0 Å². The van der Waals surface area contributed by atoms with Crippen LogP contribution in [0.1, 0.15) is 62.8 Å². The van der Waals surface area contributed by atoms with E-state index < -0.39 is 0 Å². The van der Waals surface area contributed by atoms with Gasteiger partial charge in [-0.15, -0.1) is 0 Å². The molecule has 120 valence electrons. The normalized spacial score (nSPS) is 25.6. The van der Waals surface area contributed by atoms with Gasteiger partial charge in [0.15, 0.2) is 0 Å². The molecule has 2 unspecified atom stereocenters. The fourth-order valence-electron chi connectivity index (χ4n) is 3.32. The predicted molar refractivity (Wildman–Crippen MR) is 83.1 cm³/mol. The van der Waals surface area contributed by atoms with Crippen molar-refractivity contribution in [3.63, 3.8) is 0 Å². The number of carbonyl (C=O) groups excluding carboxylic acids is 1. The van der Waals surface area contributed by atoms with Crippen molar-refractivity contribution >= 4 is 11.5 Å². The lowest BCUT2D eigenvalue weighted by atomic mass is 9.86. The molecule has 0 bridgehead atoms. The summed E-state index contributed by atoms with van der Waals surface area (Å²) in [5, 5.41) is 7.34. The van der Waals surface area contributed by atoms with Crippen LogP contribution in [0.4, 0.5) is 0 Å². The molecule has 2 heterocycles. The largest absolute Gasteiger partial charge is 0.466 e. The van der Waals surface area contributed by atoms with Crippen molar-refractivity contribution in [3.8, 4) is 0 Å². The van der Waals surface area contributed by atoms with Crippen molar-refractivity contribution < 1.29 is 14.3 Å². The third kappa shape index (κ3) is 3.24. The molecule has 5 heteroatoms. The molecule has 1 saturated heterocycles. The molecular formula is C17H24N2O3. The van der Waals surface area contributed by atoms with Gasteiger partial charge in [0.25, 0.3) is 0 Å². The zero-order valence-electron chi connectivity index (χ0n) is 13.1. The highest BCUT2D eigenvalue weighted by Gasteiger charge is 2.27. The number of aromatic nitrogens is 2. The lowest BCUT2D eigenvalue weighted by Gasteiger charge is -2.24. The summed E-state index contributed by atoms with van der Waals surface area (Å²) < 4.78 is 11.0. The van der Waals surface area contributed by atoms with Gasteiger partial charge in [0.1, 0.15) is 0 Å². The highest BCUT2D eigenvalue weighted by Crippen LogP contribution is 2.36. The molecule has 3 rings (SSSR count). The van der Waals surface area contributed by atoms with Crippen molar-refractivity contribution in [1.82, 2.24) is 10.2 Å². The van der Waals surface area contributed by atoms with Crippen LogP contribution >= 0.6 is 0 Å². The Kier molecular flexibility index (Phi) is 4.93. The molecule has 0 spiro atoms. The number of rotatable bonds is 4. The SMILES string of the molecule is CCOC(=O)C1CC=C(c2cn[nH]c2C2CCCCO2)CC1.